The van der Waals surface area contributed by atoms with Gasteiger partial charge in [0.1, 0.15) is 0 Å². The van der Waals surface area contributed by atoms with Crippen molar-refractivity contribution in [3.05, 3.63) is 24.3 Å². The third-order valence-corrected chi connectivity index (χ3v) is 1.18. The summed E-state index contributed by atoms with van der Waals surface area (Å²) in [5, 5.41) is 0. The number of nitrogens with zero attached hydrogens (tertiary/aromatic N) is 2. The molecule has 2 radical (unpaired) electrons. The van der Waals surface area contributed by atoms with E-state index in [0.717, 1.165) is 0 Å². The van der Waals surface area contributed by atoms with Crippen LogP contribution in [0.1, 0.15) is 13.8 Å². The largest absolute Gasteiger partial charge is 0.506 e. The van der Waals surface area contributed by atoms with Gasteiger partial charge in [-0.2, -0.15) is 12.4 Å². The molecule has 0 saturated carbocycles. The number of aliphatic imine (C=N–C) groups is 2. The van der Waals surface area contributed by atoms with E-state index >= 15 is 0 Å². The summed E-state index contributed by atoms with van der Waals surface area (Å²) in [5.41, 5.74) is 1.43. The molecule has 0 aliphatic heterocycles. The molecule has 0 aliphatic rings. The molecule has 14 heavy (non-hydrogen) atoms. The van der Waals surface area contributed by atoms with Crippen LogP contribution in [0, 0.1) is 12.1 Å². The van der Waals surface area contributed by atoms with Crippen molar-refractivity contribution in [3.63, 3.8) is 0 Å². The van der Waals surface area contributed by atoms with Gasteiger partial charge in [-0.3, -0.25) is 0 Å². The third-order valence-electron chi connectivity index (χ3n) is 1.18. The molecular formula is C10H8N2Y2-4. The fourth-order valence-electron chi connectivity index (χ4n) is 0.767. The van der Waals surface area contributed by atoms with Gasteiger partial charge in [0.15, 0.2) is 0 Å². The molecular weight excluding hydrogens is 326 g/mol. The first-order chi connectivity index (χ1) is 5.86. The minimum Gasteiger partial charge on any atom is -0.506 e. The van der Waals surface area contributed by atoms with Crippen molar-refractivity contribution < 1.29 is 65.4 Å². The summed E-state index contributed by atoms with van der Waals surface area (Å²) in [5.74, 6) is 0. The summed E-state index contributed by atoms with van der Waals surface area (Å²) in [4.78, 5) is 7.87. The van der Waals surface area contributed by atoms with Crippen LogP contribution in [0.4, 0.5) is 11.4 Å². The van der Waals surface area contributed by atoms with Crippen LogP contribution in [0.2, 0.25) is 0 Å². The SMILES string of the molecule is C[C-]=Nc1[c-]c[c-]c(N=[C-]C)c1.[Y].[Y]. The Balaban J connectivity index is 0. The van der Waals surface area contributed by atoms with Crippen LogP contribution in [0.3, 0.4) is 0 Å². The zero-order valence-electron chi connectivity index (χ0n) is 8.20. The van der Waals surface area contributed by atoms with Crippen molar-refractivity contribution >= 4 is 23.8 Å². The molecule has 1 rings (SSSR count). The Morgan fingerprint density at radius 3 is 1.79 bits per heavy atom. The van der Waals surface area contributed by atoms with E-state index in [-0.39, 0.29) is 65.4 Å². The van der Waals surface area contributed by atoms with E-state index in [4.69, 9.17) is 0 Å². The van der Waals surface area contributed by atoms with E-state index in [9.17, 15) is 0 Å². The second kappa shape index (κ2) is 10.3. The second-order valence-electron chi connectivity index (χ2n) is 2.02. The van der Waals surface area contributed by atoms with Gasteiger partial charge in [0, 0.05) is 65.4 Å². The van der Waals surface area contributed by atoms with E-state index in [2.05, 4.69) is 34.5 Å². The van der Waals surface area contributed by atoms with Crippen molar-refractivity contribution in [2.45, 2.75) is 13.8 Å². The van der Waals surface area contributed by atoms with Gasteiger partial charge >= 0.3 is 0 Å². The fraction of sp³-hybridized carbons (Fsp3) is 0.200. The topological polar surface area (TPSA) is 24.7 Å². The zero-order chi connectivity index (χ0) is 8.81. The Kier molecular flexibility index (Phi) is 12.6. The van der Waals surface area contributed by atoms with Crippen LogP contribution in [0.25, 0.3) is 0 Å². The molecule has 2 nitrogen and oxygen atoms in total. The van der Waals surface area contributed by atoms with Crippen molar-refractivity contribution in [3.8, 4) is 0 Å². The van der Waals surface area contributed by atoms with Crippen LogP contribution in [-0.4, -0.2) is 12.4 Å². The summed E-state index contributed by atoms with van der Waals surface area (Å²) in [7, 11) is 0. The summed E-state index contributed by atoms with van der Waals surface area (Å²) < 4.78 is 0. The van der Waals surface area contributed by atoms with Gasteiger partial charge in [0.05, 0.1) is 0 Å². The maximum Gasteiger partial charge on any atom is 0 e. The maximum absolute atomic E-state index is 3.94. The molecule has 0 amide bonds. The summed E-state index contributed by atoms with van der Waals surface area (Å²) in [6, 6.07) is 9.22. The minimum absolute atomic E-state index is 0. The van der Waals surface area contributed by atoms with Gasteiger partial charge in [-0.1, -0.05) is 0 Å². The molecule has 4 heteroatoms. The first-order valence-corrected chi connectivity index (χ1v) is 3.55. The van der Waals surface area contributed by atoms with E-state index in [1.54, 1.807) is 26.0 Å². The van der Waals surface area contributed by atoms with Crippen molar-refractivity contribution in [2.24, 2.45) is 9.98 Å². The first kappa shape index (κ1) is 17.2. The molecule has 0 aliphatic carbocycles. The predicted molar refractivity (Wildman–Crippen MR) is 49.7 cm³/mol. The summed E-state index contributed by atoms with van der Waals surface area (Å²) in [6.45, 7) is 3.47. The van der Waals surface area contributed by atoms with E-state index in [1.807, 2.05) is 0 Å². The Morgan fingerprint density at radius 2 is 1.43 bits per heavy atom. The number of hydrogen-bond donors (Lipinski definition) is 0. The van der Waals surface area contributed by atoms with Crippen LogP contribution < -0.4 is 0 Å². The van der Waals surface area contributed by atoms with Crippen LogP contribution in [0.5, 0.6) is 0 Å². The van der Waals surface area contributed by atoms with Crippen LogP contribution in [-0.2, 0) is 65.4 Å². The summed E-state index contributed by atoms with van der Waals surface area (Å²) in [6.07, 6.45) is 5.34. The molecule has 0 spiro atoms. The Morgan fingerprint density at radius 1 is 1.00 bits per heavy atom. The average Bonchev–Trinajstić information content (AvgIpc) is 2.06. The molecule has 68 valence electrons. The van der Waals surface area contributed by atoms with Crippen LogP contribution >= 0.6 is 0 Å². The molecule has 0 aromatic heterocycles. The minimum atomic E-state index is 0. The summed E-state index contributed by atoms with van der Waals surface area (Å²) >= 11 is 0. The molecule has 0 bridgehead atoms. The molecule has 0 heterocycles. The molecule has 0 fully saturated rings. The molecule has 1 aromatic carbocycles. The average molecular weight is 334 g/mol. The Bertz CT molecular complexity index is 281. The van der Waals surface area contributed by atoms with Crippen molar-refractivity contribution in [1.82, 2.24) is 0 Å². The smallest absolute Gasteiger partial charge is 0 e. The van der Waals surface area contributed by atoms with E-state index < -0.39 is 0 Å². The molecule has 0 unspecified atom stereocenters. The maximum atomic E-state index is 3.94. The monoisotopic (exact) mass is 334 g/mol. The first-order valence-electron chi connectivity index (χ1n) is 3.55. The normalized spacial score (nSPS) is 9.86. The van der Waals surface area contributed by atoms with Gasteiger partial charge in [-0.25, -0.2) is 0 Å². The number of hydrogen-bond acceptors (Lipinski definition) is 2. The van der Waals surface area contributed by atoms with Crippen LogP contribution in [0.15, 0.2) is 22.1 Å². The molecule has 0 atom stereocenters. The predicted octanol–water partition coefficient (Wildman–Crippen LogP) is 2.48. The number of rotatable bonds is 2. The van der Waals surface area contributed by atoms with Gasteiger partial charge in [-0.15, -0.1) is 13.8 Å². The van der Waals surface area contributed by atoms with Gasteiger partial charge < -0.3 is 45.6 Å². The Labute approximate surface area is 135 Å². The Hall–Kier alpha value is 0.768. The van der Waals surface area contributed by atoms with Gasteiger partial charge in [0.25, 0.3) is 0 Å². The fourth-order valence-corrected chi connectivity index (χ4v) is 0.767. The zero-order valence-corrected chi connectivity index (χ0v) is 13.9. The van der Waals surface area contributed by atoms with Gasteiger partial charge in [-0.05, 0) is 0 Å². The molecule has 1 aromatic rings. The quantitative estimate of drug-likeness (QED) is 0.587. The third kappa shape index (κ3) is 6.29. The molecule has 0 N–H and O–H groups in total. The standard InChI is InChI=1S/C10H8N2.2Y/c1-3-11-9-6-5-7-10(8-9)12-4-2;;/h5,8H,1-2H3;;/q-4;;. The van der Waals surface area contributed by atoms with E-state index in [1.165, 1.54) is 0 Å². The number of benzene rings is 1. The molecule has 0 saturated heterocycles. The van der Waals surface area contributed by atoms with Crippen molar-refractivity contribution in [2.75, 3.05) is 0 Å². The van der Waals surface area contributed by atoms with Crippen molar-refractivity contribution in [1.29, 1.82) is 0 Å². The van der Waals surface area contributed by atoms with E-state index in [0.29, 0.717) is 11.4 Å². The van der Waals surface area contributed by atoms with Gasteiger partial charge in [0.2, 0.25) is 0 Å². The second-order valence-corrected chi connectivity index (χ2v) is 2.02.